The maximum Gasteiger partial charge on any atom is 0.235 e. The van der Waals surface area contributed by atoms with Crippen molar-refractivity contribution in [2.24, 2.45) is 5.92 Å². The van der Waals surface area contributed by atoms with Crippen LogP contribution >= 0.6 is 0 Å². The minimum Gasteiger partial charge on any atom is -0.355 e. The van der Waals surface area contributed by atoms with Crippen LogP contribution in [-0.4, -0.2) is 32.4 Å². The van der Waals surface area contributed by atoms with Crippen LogP contribution in [0, 0.1) is 5.92 Å². The van der Waals surface area contributed by atoms with Gasteiger partial charge >= 0.3 is 0 Å². The summed E-state index contributed by atoms with van der Waals surface area (Å²) in [6.45, 7) is 5.96. The summed E-state index contributed by atoms with van der Waals surface area (Å²) in [5.41, 5.74) is 0. The third kappa shape index (κ3) is 6.57. The van der Waals surface area contributed by atoms with Gasteiger partial charge in [-0.3, -0.25) is 4.79 Å². The Kier molecular flexibility index (Phi) is 4.98. The Morgan fingerprint density at radius 3 is 2.31 bits per heavy atom. The number of carbonyl (C=O) groups excluding carboxylic acids is 1. The first-order valence-corrected chi connectivity index (χ1v) is 6.16. The molecule has 0 aromatic heterocycles. The molecule has 0 aliphatic rings. The minimum absolute atomic E-state index is 0.0160. The number of hydrogen-bond acceptors (Lipinski definition) is 3. The summed E-state index contributed by atoms with van der Waals surface area (Å²) >= 11 is 0. The third-order valence-corrected chi connectivity index (χ3v) is 3.08. The Morgan fingerprint density at radius 1 is 1.38 bits per heavy atom. The lowest BCUT2D eigenvalue weighted by Crippen LogP contribution is -2.33. The molecule has 0 saturated carbocycles. The van der Waals surface area contributed by atoms with Gasteiger partial charge in [-0.1, -0.05) is 20.8 Å². The van der Waals surface area contributed by atoms with Crippen LogP contribution in [0.15, 0.2) is 0 Å². The molecule has 1 N–H and O–H groups in total. The van der Waals surface area contributed by atoms with Crippen molar-refractivity contribution in [3.05, 3.63) is 0 Å². The fourth-order valence-corrected chi connectivity index (χ4v) is 1.38. The summed E-state index contributed by atoms with van der Waals surface area (Å²) in [4.78, 5) is 11.0. The lowest BCUT2D eigenvalue weighted by atomic mass is 10.2. The number of rotatable bonds is 5. The largest absolute Gasteiger partial charge is 0.355 e. The molecule has 0 aromatic rings. The molecule has 13 heavy (non-hydrogen) atoms. The molecule has 0 bridgehead atoms. The molecule has 0 aliphatic heterocycles. The topological polar surface area (TPSA) is 63.2 Å². The van der Waals surface area contributed by atoms with Crippen molar-refractivity contribution in [1.82, 2.24) is 5.32 Å². The van der Waals surface area contributed by atoms with Gasteiger partial charge in [-0.05, 0) is 5.92 Å². The molecule has 0 aliphatic carbocycles. The van der Waals surface area contributed by atoms with Crippen LogP contribution in [0.1, 0.15) is 20.8 Å². The molecule has 0 fully saturated rings. The van der Waals surface area contributed by atoms with Gasteiger partial charge in [-0.25, -0.2) is 8.42 Å². The molecule has 5 heteroatoms. The van der Waals surface area contributed by atoms with Gasteiger partial charge in [0, 0.05) is 12.3 Å². The number of nitrogens with one attached hydrogen (secondary N) is 1. The van der Waals surface area contributed by atoms with E-state index in [9.17, 15) is 13.2 Å². The van der Waals surface area contributed by atoms with Crippen LogP contribution in [0.4, 0.5) is 0 Å². The summed E-state index contributed by atoms with van der Waals surface area (Å²) < 4.78 is 22.0. The number of amides is 1. The Balaban J connectivity index is 3.89. The highest BCUT2D eigenvalue weighted by Crippen LogP contribution is 1.91. The Morgan fingerprint density at radius 2 is 1.92 bits per heavy atom. The molecule has 4 nitrogen and oxygen atoms in total. The lowest BCUT2D eigenvalue weighted by Gasteiger charge is -2.06. The molecule has 0 spiro atoms. The maximum atomic E-state index is 11.0. The van der Waals surface area contributed by atoms with E-state index in [-0.39, 0.29) is 5.75 Å². The van der Waals surface area contributed by atoms with Gasteiger partial charge in [0.2, 0.25) is 5.91 Å². The van der Waals surface area contributed by atoms with E-state index < -0.39 is 21.5 Å². The monoisotopic (exact) mass is 207 g/mol. The van der Waals surface area contributed by atoms with Gasteiger partial charge in [-0.15, -0.1) is 0 Å². The predicted molar refractivity (Wildman–Crippen MR) is 52.2 cm³/mol. The van der Waals surface area contributed by atoms with Crippen LogP contribution in [0.25, 0.3) is 0 Å². The molecule has 0 atom stereocenters. The fraction of sp³-hybridized carbons (Fsp3) is 0.875. The molecular formula is C8H17NO3S. The first-order chi connectivity index (χ1) is 5.87. The first kappa shape index (κ1) is 12.4. The standard InChI is InChI=1S/C8H17NO3S/c1-4-13(11,12)6-8(10)9-5-7(2)3/h7H,4-6H2,1-3H3,(H,9,10). The maximum absolute atomic E-state index is 11.0. The van der Waals surface area contributed by atoms with Crippen molar-refractivity contribution in [2.75, 3.05) is 18.1 Å². The summed E-state index contributed by atoms with van der Waals surface area (Å²) in [7, 11) is -3.18. The van der Waals surface area contributed by atoms with Crippen LogP contribution in [-0.2, 0) is 14.6 Å². The van der Waals surface area contributed by atoms with Crippen LogP contribution < -0.4 is 5.32 Å². The van der Waals surface area contributed by atoms with E-state index in [0.717, 1.165) is 0 Å². The normalized spacial score (nSPS) is 11.7. The van der Waals surface area contributed by atoms with Crippen LogP contribution in [0.3, 0.4) is 0 Å². The van der Waals surface area contributed by atoms with E-state index in [1.807, 2.05) is 13.8 Å². The van der Waals surface area contributed by atoms with Crippen molar-refractivity contribution in [1.29, 1.82) is 0 Å². The van der Waals surface area contributed by atoms with E-state index in [4.69, 9.17) is 0 Å². The second-order valence-corrected chi connectivity index (χ2v) is 5.73. The third-order valence-electron chi connectivity index (χ3n) is 1.50. The average molecular weight is 207 g/mol. The van der Waals surface area contributed by atoms with Crippen molar-refractivity contribution < 1.29 is 13.2 Å². The van der Waals surface area contributed by atoms with Gasteiger partial charge in [0.25, 0.3) is 0 Å². The molecule has 0 unspecified atom stereocenters. The Bertz CT molecular complexity index is 257. The highest BCUT2D eigenvalue weighted by Gasteiger charge is 2.13. The zero-order chi connectivity index (χ0) is 10.5. The molecule has 0 aromatic carbocycles. The van der Waals surface area contributed by atoms with E-state index in [2.05, 4.69) is 5.32 Å². The highest BCUT2D eigenvalue weighted by molar-refractivity contribution is 7.92. The lowest BCUT2D eigenvalue weighted by molar-refractivity contribution is -0.118. The summed E-state index contributed by atoms with van der Waals surface area (Å²) in [5, 5.41) is 2.55. The molecule has 0 saturated heterocycles. The quantitative estimate of drug-likeness (QED) is 0.700. The molecule has 0 radical (unpaired) electrons. The average Bonchev–Trinajstić information content (AvgIpc) is 2.00. The molecule has 1 amide bonds. The van der Waals surface area contributed by atoms with Gasteiger partial charge in [0.15, 0.2) is 9.84 Å². The zero-order valence-electron chi connectivity index (χ0n) is 8.33. The van der Waals surface area contributed by atoms with Gasteiger partial charge < -0.3 is 5.32 Å². The fourth-order valence-electron chi connectivity index (χ4n) is 0.671. The minimum atomic E-state index is -3.18. The van der Waals surface area contributed by atoms with Gasteiger partial charge in [0.1, 0.15) is 5.75 Å². The van der Waals surface area contributed by atoms with E-state index in [1.165, 1.54) is 6.92 Å². The van der Waals surface area contributed by atoms with Crippen molar-refractivity contribution in [3.63, 3.8) is 0 Å². The van der Waals surface area contributed by atoms with Gasteiger partial charge in [0.05, 0.1) is 0 Å². The van der Waals surface area contributed by atoms with Crippen LogP contribution in [0.5, 0.6) is 0 Å². The number of carbonyl (C=O) groups is 1. The van der Waals surface area contributed by atoms with Crippen molar-refractivity contribution >= 4 is 15.7 Å². The zero-order valence-corrected chi connectivity index (χ0v) is 9.15. The molecule has 78 valence electrons. The van der Waals surface area contributed by atoms with E-state index >= 15 is 0 Å². The highest BCUT2D eigenvalue weighted by atomic mass is 32.2. The van der Waals surface area contributed by atoms with Crippen molar-refractivity contribution in [2.45, 2.75) is 20.8 Å². The van der Waals surface area contributed by atoms with E-state index in [0.29, 0.717) is 12.5 Å². The second kappa shape index (κ2) is 5.21. The Hall–Kier alpha value is -0.580. The van der Waals surface area contributed by atoms with E-state index in [1.54, 1.807) is 0 Å². The Labute approximate surface area is 79.6 Å². The summed E-state index contributed by atoms with van der Waals surface area (Å²) in [5.74, 6) is -0.443. The first-order valence-electron chi connectivity index (χ1n) is 4.34. The predicted octanol–water partition coefficient (Wildman–Crippen LogP) is 0.193. The SMILES string of the molecule is CCS(=O)(=O)CC(=O)NCC(C)C. The van der Waals surface area contributed by atoms with Gasteiger partial charge in [-0.2, -0.15) is 0 Å². The number of hydrogen-bond donors (Lipinski definition) is 1. The molecular weight excluding hydrogens is 190 g/mol. The second-order valence-electron chi connectivity index (χ2n) is 3.37. The molecule has 0 rings (SSSR count). The number of sulfone groups is 1. The smallest absolute Gasteiger partial charge is 0.235 e. The summed E-state index contributed by atoms with van der Waals surface area (Å²) in [6.07, 6.45) is 0. The van der Waals surface area contributed by atoms with Crippen molar-refractivity contribution in [3.8, 4) is 0 Å². The summed E-state index contributed by atoms with van der Waals surface area (Å²) in [6, 6.07) is 0. The molecule has 0 heterocycles. The van der Waals surface area contributed by atoms with Crippen LogP contribution in [0.2, 0.25) is 0 Å².